The normalized spacial score (nSPS) is 11.3. The zero-order valence-corrected chi connectivity index (χ0v) is 12.8. The van der Waals surface area contributed by atoms with Gasteiger partial charge in [-0.3, -0.25) is 4.79 Å². The average Bonchev–Trinajstić information content (AvgIpc) is 2.47. The van der Waals surface area contributed by atoms with Crippen molar-refractivity contribution in [2.75, 3.05) is 19.4 Å². The van der Waals surface area contributed by atoms with Gasteiger partial charge in [-0.25, -0.2) is 0 Å². The summed E-state index contributed by atoms with van der Waals surface area (Å²) in [4.78, 5) is 12.0. The van der Waals surface area contributed by atoms with E-state index in [1.54, 1.807) is 23.9 Å². The van der Waals surface area contributed by atoms with Crippen LogP contribution in [0.4, 0.5) is 0 Å². The van der Waals surface area contributed by atoms with E-state index in [0.717, 1.165) is 12.0 Å². The molecule has 1 aromatic carbocycles. The van der Waals surface area contributed by atoms with Gasteiger partial charge in [-0.1, -0.05) is 24.8 Å². The van der Waals surface area contributed by atoms with Crippen LogP contribution in [0.1, 0.15) is 35.7 Å². The molecular weight excluding hydrogens is 270 g/mol. The highest BCUT2D eigenvalue weighted by Gasteiger charge is 2.06. The maximum atomic E-state index is 12.0. The van der Waals surface area contributed by atoms with E-state index in [0.29, 0.717) is 23.8 Å². The third kappa shape index (κ3) is 6.14. The standard InChI is InChI=1S/C16H21NO2S/c1-13(20-2)9-10-17-16(19)15-8-5-7-14(12-15)6-3-4-11-18/h5,7-8,12-13,18H,4,9-11H2,1-2H3,(H,17,19). The van der Waals surface area contributed by atoms with Gasteiger partial charge in [0.1, 0.15) is 0 Å². The van der Waals surface area contributed by atoms with Gasteiger partial charge in [0.2, 0.25) is 0 Å². The molecule has 1 atom stereocenters. The van der Waals surface area contributed by atoms with Gasteiger partial charge in [0.15, 0.2) is 0 Å². The molecule has 1 unspecified atom stereocenters. The van der Waals surface area contributed by atoms with Crippen molar-refractivity contribution in [3.8, 4) is 11.8 Å². The van der Waals surface area contributed by atoms with Crippen LogP contribution in [0.5, 0.6) is 0 Å². The molecule has 0 fully saturated rings. The Kier molecular flexibility index (Phi) is 7.86. The van der Waals surface area contributed by atoms with Crippen LogP contribution in [0, 0.1) is 11.8 Å². The Morgan fingerprint density at radius 3 is 3.00 bits per heavy atom. The van der Waals surface area contributed by atoms with Crippen molar-refractivity contribution in [1.82, 2.24) is 5.32 Å². The van der Waals surface area contributed by atoms with Crippen LogP contribution in [-0.4, -0.2) is 35.7 Å². The lowest BCUT2D eigenvalue weighted by Crippen LogP contribution is -2.26. The van der Waals surface area contributed by atoms with Crippen molar-refractivity contribution in [2.45, 2.75) is 25.0 Å². The number of amides is 1. The fourth-order valence-electron chi connectivity index (χ4n) is 1.57. The smallest absolute Gasteiger partial charge is 0.251 e. The second kappa shape index (κ2) is 9.46. The SMILES string of the molecule is CSC(C)CCNC(=O)c1cccc(C#CCCO)c1. The van der Waals surface area contributed by atoms with Gasteiger partial charge < -0.3 is 10.4 Å². The highest BCUT2D eigenvalue weighted by Crippen LogP contribution is 2.09. The molecule has 0 aliphatic rings. The zero-order valence-electron chi connectivity index (χ0n) is 12.0. The van der Waals surface area contributed by atoms with E-state index in [1.165, 1.54) is 0 Å². The van der Waals surface area contributed by atoms with Crippen LogP contribution in [0.25, 0.3) is 0 Å². The van der Waals surface area contributed by atoms with Gasteiger partial charge in [0.25, 0.3) is 5.91 Å². The van der Waals surface area contributed by atoms with Gasteiger partial charge in [-0.15, -0.1) is 0 Å². The number of thioether (sulfide) groups is 1. The monoisotopic (exact) mass is 291 g/mol. The summed E-state index contributed by atoms with van der Waals surface area (Å²) in [6.45, 7) is 2.89. The number of carbonyl (C=O) groups excluding carboxylic acids is 1. The summed E-state index contributed by atoms with van der Waals surface area (Å²) in [5.74, 6) is 5.71. The number of rotatable bonds is 6. The van der Waals surface area contributed by atoms with Crippen molar-refractivity contribution in [3.63, 3.8) is 0 Å². The number of hydrogen-bond acceptors (Lipinski definition) is 3. The molecule has 108 valence electrons. The second-order valence-corrected chi connectivity index (χ2v) is 5.72. The predicted octanol–water partition coefficient (Wildman–Crippen LogP) is 2.29. The summed E-state index contributed by atoms with van der Waals surface area (Å²) in [5, 5.41) is 12.1. The number of nitrogens with one attached hydrogen (secondary N) is 1. The molecule has 20 heavy (non-hydrogen) atoms. The predicted molar refractivity (Wildman–Crippen MR) is 85.0 cm³/mol. The Balaban J connectivity index is 2.56. The first-order valence-corrected chi connectivity index (χ1v) is 7.97. The maximum absolute atomic E-state index is 12.0. The first-order chi connectivity index (χ1) is 9.67. The highest BCUT2D eigenvalue weighted by molar-refractivity contribution is 7.99. The minimum absolute atomic E-state index is 0.0564. The minimum Gasteiger partial charge on any atom is -0.395 e. The molecule has 0 heterocycles. The first-order valence-electron chi connectivity index (χ1n) is 6.68. The van der Waals surface area contributed by atoms with Crippen LogP contribution in [0.3, 0.4) is 0 Å². The third-order valence-corrected chi connectivity index (χ3v) is 3.87. The molecular formula is C16H21NO2S. The van der Waals surface area contributed by atoms with Crippen LogP contribution in [-0.2, 0) is 0 Å². The summed E-state index contributed by atoms with van der Waals surface area (Å²) in [6, 6.07) is 7.24. The Labute approximate surface area is 125 Å². The topological polar surface area (TPSA) is 49.3 Å². The van der Waals surface area contributed by atoms with E-state index in [2.05, 4.69) is 30.3 Å². The number of benzene rings is 1. The van der Waals surface area contributed by atoms with Crippen molar-refractivity contribution in [2.24, 2.45) is 0 Å². The number of hydrogen-bond donors (Lipinski definition) is 2. The van der Waals surface area contributed by atoms with Crippen LogP contribution >= 0.6 is 11.8 Å². The van der Waals surface area contributed by atoms with E-state index in [1.807, 2.05) is 12.1 Å². The van der Waals surface area contributed by atoms with E-state index < -0.39 is 0 Å². The van der Waals surface area contributed by atoms with Crippen molar-refractivity contribution in [3.05, 3.63) is 35.4 Å². The molecule has 2 N–H and O–H groups in total. The number of aliphatic hydroxyl groups is 1. The second-order valence-electron chi connectivity index (χ2n) is 4.45. The molecule has 0 aliphatic heterocycles. The summed E-state index contributed by atoms with van der Waals surface area (Å²) in [6.07, 6.45) is 3.48. The lowest BCUT2D eigenvalue weighted by Gasteiger charge is -2.09. The Morgan fingerprint density at radius 2 is 2.30 bits per heavy atom. The van der Waals surface area contributed by atoms with Crippen LogP contribution < -0.4 is 5.32 Å². The van der Waals surface area contributed by atoms with Crippen LogP contribution in [0.15, 0.2) is 24.3 Å². The van der Waals surface area contributed by atoms with E-state index in [4.69, 9.17) is 5.11 Å². The summed E-state index contributed by atoms with van der Waals surface area (Å²) in [5.41, 5.74) is 1.42. The molecule has 1 rings (SSSR count). The van der Waals surface area contributed by atoms with Gasteiger partial charge in [-0.2, -0.15) is 11.8 Å². The number of carbonyl (C=O) groups is 1. The van der Waals surface area contributed by atoms with Crippen molar-refractivity contribution >= 4 is 17.7 Å². The largest absolute Gasteiger partial charge is 0.395 e. The fourth-order valence-corrected chi connectivity index (χ4v) is 1.92. The molecule has 4 heteroatoms. The van der Waals surface area contributed by atoms with Crippen molar-refractivity contribution < 1.29 is 9.90 Å². The van der Waals surface area contributed by atoms with E-state index in [-0.39, 0.29) is 12.5 Å². The van der Waals surface area contributed by atoms with Crippen molar-refractivity contribution in [1.29, 1.82) is 0 Å². The van der Waals surface area contributed by atoms with Gasteiger partial charge in [-0.05, 0) is 30.9 Å². The Morgan fingerprint density at radius 1 is 1.50 bits per heavy atom. The Hall–Kier alpha value is -1.44. The minimum atomic E-state index is -0.0656. The maximum Gasteiger partial charge on any atom is 0.251 e. The summed E-state index contributed by atoms with van der Waals surface area (Å²) >= 11 is 1.80. The molecule has 0 bridgehead atoms. The summed E-state index contributed by atoms with van der Waals surface area (Å²) < 4.78 is 0. The molecule has 1 amide bonds. The summed E-state index contributed by atoms with van der Waals surface area (Å²) in [7, 11) is 0. The van der Waals surface area contributed by atoms with Gasteiger partial charge >= 0.3 is 0 Å². The molecule has 1 aromatic rings. The van der Waals surface area contributed by atoms with Gasteiger partial charge in [0, 0.05) is 29.3 Å². The molecule has 0 saturated carbocycles. The third-order valence-electron chi connectivity index (χ3n) is 2.83. The van der Waals surface area contributed by atoms with Crippen LogP contribution in [0.2, 0.25) is 0 Å². The Bertz CT molecular complexity index is 491. The average molecular weight is 291 g/mol. The molecule has 3 nitrogen and oxygen atoms in total. The van der Waals surface area contributed by atoms with E-state index in [9.17, 15) is 4.79 Å². The fraction of sp³-hybridized carbons (Fsp3) is 0.438. The molecule has 0 radical (unpaired) electrons. The number of aliphatic hydroxyl groups excluding tert-OH is 1. The lowest BCUT2D eigenvalue weighted by molar-refractivity contribution is 0.0953. The van der Waals surface area contributed by atoms with E-state index >= 15 is 0 Å². The molecule has 0 aromatic heterocycles. The van der Waals surface area contributed by atoms with Gasteiger partial charge in [0.05, 0.1) is 6.61 Å². The first kappa shape index (κ1) is 16.6. The molecule has 0 aliphatic carbocycles. The quantitative estimate of drug-likeness (QED) is 0.791. The lowest BCUT2D eigenvalue weighted by atomic mass is 10.1. The highest BCUT2D eigenvalue weighted by atomic mass is 32.2. The zero-order chi connectivity index (χ0) is 14.8. The molecule has 0 spiro atoms. The molecule has 0 saturated heterocycles.